The van der Waals surface area contributed by atoms with Gasteiger partial charge in [0.15, 0.2) is 0 Å². The van der Waals surface area contributed by atoms with Gasteiger partial charge in [-0.2, -0.15) is 0 Å². The number of hydrogen-bond donors (Lipinski definition) is 1. The van der Waals surface area contributed by atoms with Crippen LogP contribution in [0.1, 0.15) is 30.9 Å². The molecule has 0 radical (unpaired) electrons. The van der Waals surface area contributed by atoms with Crippen LogP contribution in [0.5, 0.6) is 5.75 Å². The van der Waals surface area contributed by atoms with E-state index in [4.69, 9.17) is 27.9 Å². The average Bonchev–Trinajstić information content (AvgIpc) is 2.75. The Bertz CT molecular complexity index is 1020. The summed E-state index contributed by atoms with van der Waals surface area (Å²) < 4.78 is 32.6. The van der Waals surface area contributed by atoms with Crippen LogP contribution in [0.4, 0.5) is 0 Å². The van der Waals surface area contributed by atoms with Gasteiger partial charge in [-0.1, -0.05) is 47.5 Å². The molecule has 1 aliphatic rings. The number of nitrogens with one attached hydrogen (secondary N) is 1. The second kappa shape index (κ2) is 10.7. The van der Waals surface area contributed by atoms with Crippen molar-refractivity contribution in [2.75, 3.05) is 19.7 Å². The highest BCUT2D eigenvalue weighted by Gasteiger charge is 2.31. The van der Waals surface area contributed by atoms with E-state index in [9.17, 15) is 13.2 Å². The van der Waals surface area contributed by atoms with Crippen LogP contribution in [-0.2, 0) is 27.1 Å². The van der Waals surface area contributed by atoms with E-state index < -0.39 is 10.0 Å². The third-order valence-electron chi connectivity index (χ3n) is 5.28. The number of sulfonamides is 1. The Morgan fingerprint density at radius 1 is 1.13 bits per heavy atom. The van der Waals surface area contributed by atoms with E-state index in [2.05, 4.69) is 5.32 Å². The van der Waals surface area contributed by atoms with Crippen molar-refractivity contribution >= 4 is 39.1 Å². The zero-order valence-corrected chi connectivity index (χ0v) is 19.6. The Morgan fingerprint density at radius 3 is 2.52 bits per heavy atom. The molecule has 168 valence electrons. The van der Waals surface area contributed by atoms with E-state index in [0.29, 0.717) is 54.7 Å². The van der Waals surface area contributed by atoms with Crippen molar-refractivity contribution in [3.8, 4) is 5.75 Å². The SMILES string of the molecule is CCOc1ccccc1CNC(=O)C1CCN(S(=O)(=O)Cc2ccc(Cl)c(Cl)c2)CC1. The molecular weight excluding hydrogens is 459 g/mol. The molecule has 2 aromatic carbocycles. The Kier molecular flexibility index (Phi) is 8.22. The second-order valence-corrected chi connectivity index (χ2v) is 10.2. The molecule has 0 spiro atoms. The highest BCUT2D eigenvalue weighted by Crippen LogP contribution is 2.26. The van der Waals surface area contributed by atoms with Gasteiger partial charge in [0.25, 0.3) is 0 Å². The summed E-state index contributed by atoms with van der Waals surface area (Å²) in [5, 5.41) is 3.68. The number of benzene rings is 2. The first-order chi connectivity index (χ1) is 14.8. The molecule has 1 fully saturated rings. The lowest BCUT2D eigenvalue weighted by molar-refractivity contribution is -0.126. The summed E-state index contributed by atoms with van der Waals surface area (Å²) in [4.78, 5) is 12.6. The maximum Gasteiger partial charge on any atom is 0.223 e. The van der Waals surface area contributed by atoms with Crippen LogP contribution in [0, 0.1) is 5.92 Å². The number of ether oxygens (including phenoxy) is 1. The molecule has 0 saturated carbocycles. The summed E-state index contributed by atoms with van der Waals surface area (Å²) in [5.74, 6) is 0.339. The normalized spacial score (nSPS) is 15.6. The molecule has 1 heterocycles. The summed E-state index contributed by atoms with van der Waals surface area (Å²) >= 11 is 11.9. The summed E-state index contributed by atoms with van der Waals surface area (Å²) in [6.07, 6.45) is 0.971. The first-order valence-electron chi connectivity index (χ1n) is 10.2. The molecule has 0 atom stereocenters. The summed E-state index contributed by atoms with van der Waals surface area (Å²) in [6, 6.07) is 12.4. The largest absolute Gasteiger partial charge is 0.494 e. The Balaban J connectivity index is 1.52. The molecule has 31 heavy (non-hydrogen) atoms. The van der Waals surface area contributed by atoms with Crippen molar-refractivity contribution in [2.45, 2.75) is 32.1 Å². The van der Waals surface area contributed by atoms with Gasteiger partial charge in [0, 0.05) is 31.1 Å². The molecule has 0 unspecified atom stereocenters. The average molecular weight is 485 g/mol. The van der Waals surface area contributed by atoms with Crippen molar-refractivity contribution < 1.29 is 17.9 Å². The molecule has 2 aromatic rings. The molecule has 6 nitrogen and oxygen atoms in total. The predicted octanol–water partition coefficient (Wildman–Crippen LogP) is 4.25. The zero-order chi connectivity index (χ0) is 22.4. The van der Waals surface area contributed by atoms with Gasteiger partial charge in [0.1, 0.15) is 5.75 Å². The predicted molar refractivity (Wildman–Crippen MR) is 123 cm³/mol. The highest BCUT2D eigenvalue weighted by molar-refractivity contribution is 7.88. The van der Waals surface area contributed by atoms with Gasteiger partial charge in [0.05, 0.1) is 22.4 Å². The smallest absolute Gasteiger partial charge is 0.223 e. The monoisotopic (exact) mass is 484 g/mol. The van der Waals surface area contributed by atoms with E-state index >= 15 is 0 Å². The molecule has 1 aliphatic heterocycles. The maximum atomic E-state index is 12.8. The van der Waals surface area contributed by atoms with Crippen molar-refractivity contribution in [1.29, 1.82) is 0 Å². The topological polar surface area (TPSA) is 75.7 Å². The molecule has 0 aliphatic carbocycles. The molecule has 1 amide bonds. The lowest BCUT2D eigenvalue weighted by atomic mass is 9.97. The Labute approximate surface area is 193 Å². The van der Waals surface area contributed by atoms with Crippen LogP contribution in [-0.4, -0.2) is 38.3 Å². The van der Waals surface area contributed by atoms with Crippen molar-refractivity contribution in [3.05, 3.63) is 63.6 Å². The molecule has 1 N–H and O–H groups in total. The number of para-hydroxylation sites is 1. The number of amides is 1. The Morgan fingerprint density at radius 2 is 1.84 bits per heavy atom. The van der Waals surface area contributed by atoms with E-state index in [0.717, 1.165) is 11.3 Å². The van der Waals surface area contributed by atoms with Gasteiger partial charge >= 0.3 is 0 Å². The summed E-state index contributed by atoms with van der Waals surface area (Å²) in [7, 11) is -3.50. The van der Waals surface area contributed by atoms with Crippen LogP contribution >= 0.6 is 23.2 Å². The summed E-state index contributed by atoms with van der Waals surface area (Å²) in [6.45, 7) is 3.48. The lowest BCUT2D eigenvalue weighted by Gasteiger charge is -2.30. The minimum Gasteiger partial charge on any atom is -0.494 e. The van der Waals surface area contributed by atoms with E-state index in [1.807, 2.05) is 31.2 Å². The fourth-order valence-corrected chi connectivity index (χ4v) is 5.47. The number of carbonyl (C=O) groups is 1. The maximum absolute atomic E-state index is 12.8. The zero-order valence-electron chi connectivity index (χ0n) is 17.3. The molecule has 3 rings (SSSR count). The van der Waals surface area contributed by atoms with Crippen molar-refractivity contribution in [3.63, 3.8) is 0 Å². The Hall–Kier alpha value is -1.80. The fraction of sp³-hybridized carbons (Fsp3) is 0.409. The minimum atomic E-state index is -3.50. The summed E-state index contributed by atoms with van der Waals surface area (Å²) in [5.41, 5.74) is 1.50. The first kappa shape index (κ1) is 23.9. The van der Waals surface area contributed by atoms with Gasteiger partial charge < -0.3 is 10.1 Å². The van der Waals surface area contributed by atoms with Gasteiger partial charge in [-0.05, 0) is 43.5 Å². The number of hydrogen-bond acceptors (Lipinski definition) is 4. The third kappa shape index (κ3) is 6.35. The third-order valence-corrected chi connectivity index (χ3v) is 7.87. The molecule has 0 bridgehead atoms. The van der Waals surface area contributed by atoms with Crippen LogP contribution in [0.25, 0.3) is 0 Å². The van der Waals surface area contributed by atoms with Crippen LogP contribution in [0.3, 0.4) is 0 Å². The van der Waals surface area contributed by atoms with Gasteiger partial charge in [-0.15, -0.1) is 0 Å². The van der Waals surface area contributed by atoms with Crippen molar-refractivity contribution in [2.24, 2.45) is 5.92 Å². The lowest BCUT2D eigenvalue weighted by Crippen LogP contribution is -2.43. The molecule has 0 aromatic heterocycles. The van der Waals surface area contributed by atoms with E-state index in [1.165, 1.54) is 4.31 Å². The quantitative estimate of drug-likeness (QED) is 0.607. The van der Waals surface area contributed by atoms with Crippen molar-refractivity contribution in [1.82, 2.24) is 9.62 Å². The number of halogens is 2. The standard InChI is InChI=1S/C22H26Cl2N2O4S/c1-2-30-21-6-4-3-5-18(21)14-25-22(27)17-9-11-26(12-10-17)31(28,29)15-16-7-8-19(23)20(24)13-16/h3-8,13,17H,2,9-12,14-15H2,1H3,(H,25,27). The van der Waals surface area contributed by atoms with Gasteiger partial charge in [0.2, 0.25) is 15.9 Å². The highest BCUT2D eigenvalue weighted by atomic mass is 35.5. The van der Waals surface area contributed by atoms with Crippen LogP contribution in [0.15, 0.2) is 42.5 Å². The first-order valence-corrected chi connectivity index (χ1v) is 12.6. The number of carbonyl (C=O) groups excluding carboxylic acids is 1. The van der Waals surface area contributed by atoms with Crippen LogP contribution in [0.2, 0.25) is 10.0 Å². The van der Waals surface area contributed by atoms with E-state index in [1.54, 1.807) is 18.2 Å². The van der Waals surface area contributed by atoms with Gasteiger partial charge in [-0.25, -0.2) is 12.7 Å². The molecule has 1 saturated heterocycles. The molecular formula is C22H26Cl2N2O4S. The van der Waals surface area contributed by atoms with Crippen LogP contribution < -0.4 is 10.1 Å². The molecule has 9 heteroatoms. The van der Waals surface area contributed by atoms with Gasteiger partial charge in [-0.3, -0.25) is 4.79 Å². The fourth-order valence-electron chi connectivity index (χ4n) is 3.60. The number of nitrogens with zero attached hydrogens (tertiary/aromatic N) is 1. The minimum absolute atomic E-state index is 0.0622. The van der Waals surface area contributed by atoms with E-state index in [-0.39, 0.29) is 17.6 Å². The second-order valence-electron chi connectivity index (χ2n) is 7.44. The number of rotatable bonds is 8. The number of piperidine rings is 1.